The highest BCUT2D eigenvalue weighted by molar-refractivity contribution is 7.16. The molecule has 0 fully saturated rings. The Kier molecular flexibility index (Phi) is 4.66. The molecule has 0 radical (unpaired) electrons. The third-order valence-corrected chi connectivity index (χ3v) is 3.66. The minimum Gasteiger partial charge on any atom is -0.480 e. The van der Waals surface area contributed by atoms with Crippen molar-refractivity contribution in [2.45, 2.75) is 0 Å². The third-order valence-electron chi connectivity index (χ3n) is 2.87. The van der Waals surface area contributed by atoms with Gasteiger partial charge in [0, 0.05) is 13.7 Å². The number of aliphatic carboxylic acids is 1. The number of rotatable bonds is 7. The van der Waals surface area contributed by atoms with Crippen molar-refractivity contribution in [2.24, 2.45) is 0 Å². The molecule has 0 aliphatic rings. The van der Waals surface area contributed by atoms with Crippen molar-refractivity contribution in [3.05, 3.63) is 27.8 Å². The maximum Gasteiger partial charge on any atom is 0.323 e. The molecule has 1 aromatic carbocycles. The van der Waals surface area contributed by atoms with E-state index in [0.717, 1.165) is 0 Å². The number of ether oxygens (including phenoxy) is 1. The van der Waals surface area contributed by atoms with E-state index in [9.17, 15) is 14.9 Å². The van der Waals surface area contributed by atoms with Crippen LogP contribution in [0.2, 0.25) is 0 Å². The SMILES string of the molecule is COCCN(CC(=O)O)c1ccc2scnc2c1[N+](=O)[O-]. The number of nitro groups is 1. The van der Waals surface area contributed by atoms with Gasteiger partial charge in [-0.1, -0.05) is 0 Å². The van der Waals surface area contributed by atoms with Gasteiger partial charge in [0.15, 0.2) is 5.52 Å². The number of carboxylic acids is 1. The lowest BCUT2D eigenvalue weighted by atomic mass is 10.2. The number of fused-ring (bicyclic) bond motifs is 1. The summed E-state index contributed by atoms with van der Waals surface area (Å²) in [6.45, 7) is 0.151. The van der Waals surface area contributed by atoms with Crippen LogP contribution in [-0.2, 0) is 9.53 Å². The summed E-state index contributed by atoms with van der Waals surface area (Å²) in [6, 6.07) is 3.26. The number of benzene rings is 1. The van der Waals surface area contributed by atoms with E-state index in [0.29, 0.717) is 4.70 Å². The number of methoxy groups -OCH3 is 1. The van der Waals surface area contributed by atoms with Crippen LogP contribution >= 0.6 is 11.3 Å². The van der Waals surface area contributed by atoms with Crippen LogP contribution < -0.4 is 4.90 Å². The minimum atomic E-state index is -1.07. The van der Waals surface area contributed by atoms with Crippen LogP contribution in [0.4, 0.5) is 11.4 Å². The van der Waals surface area contributed by atoms with E-state index in [2.05, 4.69) is 4.98 Å². The van der Waals surface area contributed by atoms with Crippen molar-refractivity contribution in [3.8, 4) is 0 Å². The fourth-order valence-electron chi connectivity index (χ4n) is 1.99. The van der Waals surface area contributed by atoms with Crippen LogP contribution in [0, 0.1) is 10.1 Å². The monoisotopic (exact) mass is 311 g/mol. The summed E-state index contributed by atoms with van der Waals surface area (Å²) in [4.78, 5) is 27.2. The molecule has 0 saturated carbocycles. The Morgan fingerprint density at radius 2 is 2.33 bits per heavy atom. The Hall–Kier alpha value is -2.26. The number of nitro benzene ring substituents is 1. The maximum atomic E-state index is 11.4. The molecule has 2 aromatic rings. The molecule has 0 aliphatic heterocycles. The van der Waals surface area contributed by atoms with Crippen molar-refractivity contribution in [1.29, 1.82) is 0 Å². The zero-order valence-electron chi connectivity index (χ0n) is 11.2. The van der Waals surface area contributed by atoms with Crippen molar-refractivity contribution < 1.29 is 19.6 Å². The molecule has 0 saturated heterocycles. The molecule has 2 rings (SSSR count). The smallest absolute Gasteiger partial charge is 0.323 e. The Bertz CT molecular complexity index is 672. The molecule has 1 heterocycles. The van der Waals surface area contributed by atoms with Crippen molar-refractivity contribution >= 4 is 38.9 Å². The fourth-order valence-corrected chi connectivity index (χ4v) is 2.67. The highest BCUT2D eigenvalue weighted by Gasteiger charge is 2.25. The second-order valence-electron chi connectivity index (χ2n) is 4.20. The van der Waals surface area contributed by atoms with Gasteiger partial charge in [0.05, 0.1) is 21.7 Å². The first-order valence-corrected chi connectivity index (χ1v) is 6.88. The number of aromatic nitrogens is 1. The number of hydrogen-bond acceptors (Lipinski definition) is 7. The molecule has 1 N–H and O–H groups in total. The van der Waals surface area contributed by atoms with E-state index in [4.69, 9.17) is 9.84 Å². The zero-order chi connectivity index (χ0) is 15.4. The predicted molar refractivity (Wildman–Crippen MR) is 78.0 cm³/mol. The van der Waals surface area contributed by atoms with Crippen molar-refractivity contribution in [1.82, 2.24) is 4.98 Å². The Labute approximate surface area is 123 Å². The first-order valence-electron chi connectivity index (χ1n) is 6.01. The molecule has 0 atom stereocenters. The summed E-state index contributed by atoms with van der Waals surface area (Å²) in [7, 11) is 1.48. The maximum absolute atomic E-state index is 11.4. The van der Waals surface area contributed by atoms with Gasteiger partial charge >= 0.3 is 11.7 Å². The highest BCUT2D eigenvalue weighted by atomic mass is 32.1. The van der Waals surface area contributed by atoms with E-state index in [1.54, 1.807) is 12.1 Å². The lowest BCUT2D eigenvalue weighted by molar-refractivity contribution is -0.382. The molecular weight excluding hydrogens is 298 g/mol. The van der Waals surface area contributed by atoms with E-state index in [1.807, 2.05) is 0 Å². The summed E-state index contributed by atoms with van der Waals surface area (Å²) < 4.78 is 5.62. The van der Waals surface area contributed by atoms with Gasteiger partial charge in [-0.05, 0) is 12.1 Å². The Morgan fingerprint density at radius 1 is 1.57 bits per heavy atom. The standard InChI is InChI=1S/C12H13N3O5S/c1-20-5-4-14(6-10(16)17)8-2-3-9-11(13-7-21-9)12(8)15(18)19/h2-3,7H,4-6H2,1H3,(H,16,17). The van der Waals surface area contributed by atoms with Gasteiger partial charge in [0.25, 0.3) is 0 Å². The summed E-state index contributed by atoms with van der Waals surface area (Å²) in [5, 5.41) is 20.3. The van der Waals surface area contributed by atoms with Crippen LogP contribution in [-0.4, -0.2) is 47.8 Å². The predicted octanol–water partition coefficient (Wildman–Crippen LogP) is 1.74. The first kappa shape index (κ1) is 15.1. The molecule has 0 bridgehead atoms. The summed E-state index contributed by atoms with van der Waals surface area (Å²) >= 11 is 1.30. The van der Waals surface area contributed by atoms with Gasteiger partial charge in [0.1, 0.15) is 12.2 Å². The molecule has 0 amide bonds. The largest absolute Gasteiger partial charge is 0.480 e. The molecule has 0 unspecified atom stereocenters. The van der Waals surface area contributed by atoms with Gasteiger partial charge in [-0.25, -0.2) is 4.98 Å². The van der Waals surface area contributed by atoms with Crippen LogP contribution in [0.15, 0.2) is 17.6 Å². The molecule has 112 valence electrons. The van der Waals surface area contributed by atoms with Gasteiger partial charge in [-0.2, -0.15) is 0 Å². The van der Waals surface area contributed by atoms with Crippen LogP contribution in [0.1, 0.15) is 0 Å². The first-order chi connectivity index (χ1) is 10.0. The van der Waals surface area contributed by atoms with E-state index >= 15 is 0 Å². The normalized spacial score (nSPS) is 10.7. The molecule has 9 heteroatoms. The molecule has 0 aliphatic carbocycles. The lowest BCUT2D eigenvalue weighted by Crippen LogP contribution is -2.33. The van der Waals surface area contributed by atoms with Crippen molar-refractivity contribution in [3.63, 3.8) is 0 Å². The van der Waals surface area contributed by atoms with Gasteiger partial charge in [-0.15, -0.1) is 11.3 Å². The lowest BCUT2D eigenvalue weighted by Gasteiger charge is -2.22. The number of hydrogen-bond donors (Lipinski definition) is 1. The average Bonchev–Trinajstić information content (AvgIpc) is 2.89. The minimum absolute atomic E-state index is 0.175. The molecule has 0 spiro atoms. The molecule has 1 aromatic heterocycles. The number of carboxylic acid groups (broad SMARTS) is 1. The topological polar surface area (TPSA) is 106 Å². The quantitative estimate of drug-likeness (QED) is 0.613. The van der Waals surface area contributed by atoms with Gasteiger partial charge in [0.2, 0.25) is 0 Å². The summed E-state index contributed by atoms with van der Waals surface area (Å²) in [5.41, 5.74) is 1.86. The number of carbonyl (C=O) groups is 1. The molecule has 8 nitrogen and oxygen atoms in total. The second-order valence-corrected chi connectivity index (χ2v) is 5.08. The third kappa shape index (κ3) is 3.26. The van der Waals surface area contributed by atoms with Gasteiger partial charge in [-0.3, -0.25) is 14.9 Å². The van der Waals surface area contributed by atoms with E-state index in [-0.39, 0.29) is 36.6 Å². The zero-order valence-corrected chi connectivity index (χ0v) is 12.0. The van der Waals surface area contributed by atoms with Gasteiger partial charge < -0.3 is 14.7 Å². The summed E-state index contributed by atoms with van der Waals surface area (Å²) in [5.74, 6) is -1.07. The fraction of sp³-hybridized carbons (Fsp3) is 0.333. The Balaban J connectivity index is 2.52. The van der Waals surface area contributed by atoms with E-state index in [1.165, 1.54) is 28.9 Å². The molecular formula is C12H13N3O5S. The van der Waals surface area contributed by atoms with Crippen LogP contribution in [0.5, 0.6) is 0 Å². The number of nitrogens with zero attached hydrogens (tertiary/aromatic N) is 3. The second kappa shape index (κ2) is 6.46. The molecule has 21 heavy (non-hydrogen) atoms. The van der Waals surface area contributed by atoms with E-state index < -0.39 is 10.9 Å². The highest BCUT2D eigenvalue weighted by Crippen LogP contribution is 2.36. The van der Waals surface area contributed by atoms with Crippen molar-refractivity contribution in [2.75, 3.05) is 31.7 Å². The summed E-state index contributed by atoms with van der Waals surface area (Å²) in [6.07, 6.45) is 0. The number of anilines is 1. The van der Waals surface area contributed by atoms with Crippen LogP contribution in [0.25, 0.3) is 10.2 Å². The van der Waals surface area contributed by atoms with Crippen LogP contribution in [0.3, 0.4) is 0 Å². The average molecular weight is 311 g/mol. The Morgan fingerprint density at radius 3 is 2.95 bits per heavy atom. The number of thiazole rings is 1.